The van der Waals surface area contributed by atoms with Crippen molar-refractivity contribution < 1.29 is 29.1 Å². The van der Waals surface area contributed by atoms with E-state index in [1.54, 1.807) is 25.1 Å². The Bertz CT molecular complexity index is 915. The van der Waals surface area contributed by atoms with Gasteiger partial charge in [-0.25, -0.2) is 4.79 Å². The van der Waals surface area contributed by atoms with E-state index in [9.17, 15) is 19.7 Å². The molecule has 29 heavy (non-hydrogen) atoms. The van der Waals surface area contributed by atoms with Crippen LogP contribution in [0.15, 0.2) is 36.4 Å². The van der Waals surface area contributed by atoms with Gasteiger partial charge in [0.15, 0.2) is 12.4 Å². The molecular formula is C19H21N3O7. The highest BCUT2D eigenvalue weighted by atomic mass is 16.6. The molecule has 0 aromatic heterocycles. The first-order chi connectivity index (χ1) is 13.9. The number of hydrogen-bond acceptors (Lipinski definition) is 8. The summed E-state index contributed by atoms with van der Waals surface area (Å²) in [4.78, 5) is 34.9. The van der Waals surface area contributed by atoms with Crippen LogP contribution < -0.4 is 15.4 Å². The number of aryl methyl sites for hydroxylation is 1. The highest BCUT2D eigenvalue weighted by Crippen LogP contribution is 2.32. The van der Waals surface area contributed by atoms with Gasteiger partial charge in [-0.05, 0) is 24.6 Å². The highest BCUT2D eigenvalue weighted by Gasteiger charge is 2.19. The van der Waals surface area contributed by atoms with Gasteiger partial charge in [0, 0.05) is 30.1 Å². The third-order valence-electron chi connectivity index (χ3n) is 3.91. The number of nitro groups is 1. The second-order valence-corrected chi connectivity index (χ2v) is 5.92. The number of anilines is 2. The summed E-state index contributed by atoms with van der Waals surface area (Å²) in [7, 11) is 1.29. The number of aliphatic hydroxyl groups is 1. The largest absolute Gasteiger partial charge is 0.490 e. The van der Waals surface area contributed by atoms with Crippen LogP contribution in [0.4, 0.5) is 17.1 Å². The summed E-state index contributed by atoms with van der Waals surface area (Å²) in [6.45, 7) is 1.19. The lowest BCUT2D eigenvalue weighted by Crippen LogP contribution is -2.22. The molecule has 0 spiro atoms. The van der Waals surface area contributed by atoms with Crippen LogP contribution in [0.25, 0.3) is 0 Å². The maximum atomic E-state index is 12.3. The van der Waals surface area contributed by atoms with Crippen molar-refractivity contribution in [2.45, 2.75) is 6.92 Å². The Hall–Kier alpha value is -3.66. The number of carbonyl (C=O) groups excluding carboxylic acids is 2. The van der Waals surface area contributed by atoms with Crippen molar-refractivity contribution in [1.82, 2.24) is 0 Å². The number of carbonyl (C=O) groups is 2. The summed E-state index contributed by atoms with van der Waals surface area (Å²) in [5.74, 6) is -1.32. The number of nitro benzene ring substituents is 1. The number of rotatable bonds is 9. The van der Waals surface area contributed by atoms with Crippen molar-refractivity contribution in [3.8, 4) is 5.75 Å². The Labute approximate surface area is 166 Å². The van der Waals surface area contributed by atoms with Gasteiger partial charge in [-0.15, -0.1) is 0 Å². The number of esters is 1. The smallest absolute Gasteiger partial charge is 0.340 e. The van der Waals surface area contributed by atoms with E-state index in [4.69, 9.17) is 14.6 Å². The van der Waals surface area contributed by atoms with Crippen LogP contribution in [-0.4, -0.2) is 48.8 Å². The molecule has 0 unspecified atom stereocenters. The monoisotopic (exact) mass is 403 g/mol. The summed E-state index contributed by atoms with van der Waals surface area (Å²) in [6.07, 6.45) is 0. The second-order valence-electron chi connectivity index (χ2n) is 5.92. The van der Waals surface area contributed by atoms with Gasteiger partial charge in [-0.3, -0.25) is 14.9 Å². The van der Waals surface area contributed by atoms with Gasteiger partial charge in [0.05, 0.1) is 24.2 Å². The lowest BCUT2D eigenvalue weighted by molar-refractivity contribution is -0.385. The Kier molecular flexibility index (Phi) is 7.49. The number of methoxy groups -OCH3 is 1. The van der Waals surface area contributed by atoms with E-state index in [2.05, 4.69) is 10.6 Å². The summed E-state index contributed by atoms with van der Waals surface area (Å²) < 4.78 is 10.0. The fraction of sp³-hybridized carbons (Fsp3) is 0.263. The molecule has 0 aliphatic carbocycles. The predicted octanol–water partition coefficient (Wildman–Crippen LogP) is 2.11. The third-order valence-corrected chi connectivity index (χ3v) is 3.91. The van der Waals surface area contributed by atoms with Crippen LogP contribution in [-0.2, 0) is 9.53 Å². The normalized spacial score (nSPS) is 10.2. The van der Waals surface area contributed by atoms with Gasteiger partial charge in [0.2, 0.25) is 0 Å². The second kappa shape index (κ2) is 10.0. The minimum atomic E-state index is -0.709. The van der Waals surface area contributed by atoms with E-state index >= 15 is 0 Å². The Morgan fingerprint density at radius 1 is 1.21 bits per heavy atom. The fourth-order valence-corrected chi connectivity index (χ4v) is 2.51. The van der Waals surface area contributed by atoms with E-state index in [0.717, 1.165) is 0 Å². The molecule has 0 aliphatic rings. The molecule has 0 aliphatic heterocycles. The van der Waals surface area contributed by atoms with Crippen molar-refractivity contribution in [2.75, 3.05) is 37.5 Å². The summed E-state index contributed by atoms with van der Waals surface area (Å²) in [5, 5.41) is 25.4. The Morgan fingerprint density at radius 2 is 1.93 bits per heavy atom. The van der Waals surface area contributed by atoms with Crippen molar-refractivity contribution in [1.29, 1.82) is 0 Å². The number of ether oxygens (including phenoxy) is 2. The first kappa shape index (κ1) is 21.6. The van der Waals surface area contributed by atoms with Crippen LogP contribution in [0.2, 0.25) is 0 Å². The van der Waals surface area contributed by atoms with Gasteiger partial charge >= 0.3 is 11.7 Å². The Balaban J connectivity index is 2.04. The number of para-hydroxylation sites is 1. The molecule has 2 aromatic carbocycles. The number of benzene rings is 2. The molecule has 0 radical (unpaired) electrons. The topological polar surface area (TPSA) is 140 Å². The molecule has 10 nitrogen and oxygen atoms in total. The lowest BCUT2D eigenvalue weighted by Gasteiger charge is -2.12. The lowest BCUT2D eigenvalue weighted by atomic mass is 10.1. The average molecular weight is 403 g/mol. The maximum Gasteiger partial charge on any atom is 0.340 e. The summed E-state index contributed by atoms with van der Waals surface area (Å²) in [5.41, 5.74) is 1.24. The number of hydrogen-bond donors (Lipinski definition) is 3. The quantitative estimate of drug-likeness (QED) is 0.328. The first-order valence-corrected chi connectivity index (χ1v) is 8.61. The van der Waals surface area contributed by atoms with Crippen molar-refractivity contribution >= 4 is 28.9 Å². The molecule has 0 heterocycles. The summed E-state index contributed by atoms with van der Waals surface area (Å²) >= 11 is 0. The highest BCUT2D eigenvalue weighted by molar-refractivity contribution is 5.98. The van der Waals surface area contributed by atoms with Crippen molar-refractivity contribution in [3.63, 3.8) is 0 Å². The number of aliphatic hydroxyl groups excluding tert-OH is 1. The minimum Gasteiger partial charge on any atom is -0.490 e. The van der Waals surface area contributed by atoms with Gasteiger partial charge in [-0.2, -0.15) is 0 Å². The van der Waals surface area contributed by atoms with E-state index in [1.165, 1.54) is 25.3 Å². The zero-order chi connectivity index (χ0) is 21.4. The maximum absolute atomic E-state index is 12.3. The van der Waals surface area contributed by atoms with Crippen LogP contribution in [0, 0.1) is 17.0 Å². The first-order valence-electron chi connectivity index (χ1n) is 8.61. The van der Waals surface area contributed by atoms with Gasteiger partial charge in [-0.1, -0.05) is 12.1 Å². The number of amides is 1. The molecule has 2 rings (SSSR count). The number of nitrogens with one attached hydrogen (secondary N) is 2. The standard InChI is InChI=1S/C19H21N3O7/c1-12-9-16(22(26)27)17(28-2)10-15(12)21-18(24)11-29-19(25)13-5-3-4-6-14(13)20-7-8-23/h3-6,9-10,20,23H,7-8,11H2,1-2H3,(H,21,24). The summed E-state index contributed by atoms with van der Waals surface area (Å²) in [6, 6.07) is 9.16. The molecule has 3 N–H and O–H groups in total. The van der Waals surface area contributed by atoms with E-state index in [1.807, 2.05) is 0 Å². The average Bonchev–Trinajstić information content (AvgIpc) is 2.71. The van der Waals surface area contributed by atoms with Gasteiger partial charge in [0.25, 0.3) is 5.91 Å². The van der Waals surface area contributed by atoms with Gasteiger partial charge in [0.1, 0.15) is 0 Å². The Morgan fingerprint density at radius 3 is 2.59 bits per heavy atom. The zero-order valence-electron chi connectivity index (χ0n) is 15.9. The molecule has 1 amide bonds. The molecule has 2 aromatic rings. The minimum absolute atomic E-state index is 0.00298. The molecule has 0 saturated carbocycles. The van der Waals surface area contributed by atoms with Crippen LogP contribution in [0.5, 0.6) is 5.75 Å². The fourth-order valence-electron chi connectivity index (χ4n) is 2.51. The molecule has 0 bridgehead atoms. The zero-order valence-corrected chi connectivity index (χ0v) is 15.9. The van der Waals surface area contributed by atoms with Crippen molar-refractivity contribution in [3.05, 3.63) is 57.6 Å². The van der Waals surface area contributed by atoms with Crippen molar-refractivity contribution in [2.24, 2.45) is 0 Å². The van der Waals surface area contributed by atoms with E-state index in [-0.39, 0.29) is 30.2 Å². The number of nitrogens with zero attached hydrogens (tertiary/aromatic N) is 1. The molecule has 0 saturated heterocycles. The van der Waals surface area contributed by atoms with E-state index in [0.29, 0.717) is 16.9 Å². The third kappa shape index (κ3) is 5.66. The van der Waals surface area contributed by atoms with Crippen LogP contribution >= 0.6 is 0 Å². The molecule has 154 valence electrons. The molecule has 10 heteroatoms. The molecule has 0 fully saturated rings. The van der Waals surface area contributed by atoms with E-state index < -0.39 is 23.4 Å². The SMILES string of the molecule is COc1cc(NC(=O)COC(=O)c2ccccc2NCCO)c(C)cc1[N+](=O)[O-]. The molecular weight excluding hydrogens is 382 g/mol. The predicted molar refractivity (Wildman–Crippen MR) is 105 cm³/mol. The molecule has 0 atom stereocenters. The van der Waals surface area contributed by atoms with Crippen LogP contribution in [0.3, 0.4) is 0 Å². The van der Waals surface area contributed by atoms with Gasteiger partial charge < -0.3 is 25.2 Å². The van der Waals surface area contributed by atoms with Crippen LogP contribution in [0.1, 0.15) is 15.9 Å².